The average molecular weight is 225 g/mol. The molecule has 1 aliphatic heterocycles. The molecule has 2 atom stereocenters. The minimum Gasteiger partial charge on any atom is -0.351 e. The van der Waals surface area contributed by atoms with Gasteiger partial charge in [0.05, 0.1) is 5.02 Å². The molecular formula is C12H17ClN2. The van der Waals surface area contributed by atoms with Crippen LogP contribution in [0.5, 0.6) is 0 Å². The van der Waals surface area contributed by atoms with Crippen LogP contribution >= 0.6 is 11.6 Å². The van der Waals surface area contributed by atoms with Crippen LogP contribution in [-0.2, 0) is 0 Å². The molecule has 82 valence electrons. The Morgan fingerprint density at radius 1 is 1.27 bits per heavy atom. The van der Waals surface area contributed by atoms with E-state index in [2.05, 4.69) is 23.7 Å². The Labute approximate surface area is 96.3 Å². The third kappa shape index (κ3) is 2.25. The number of rotatable bonds is 1. The second kappa shape index (κ2) is 4.40. The molecule has 1 fully saturated rings. The molecular weight excluding hydrogens is 208 g/mol. The number of halogens is 1. The van der Waals surface area contributed by atoms with Gasteiger partial charge >= 0.3 is 0 Å². The van der Waals surface area contributed by atoms with E-state index in [4.69, 9.17) is 11.6 Å². The van der Waals surface area contributed by atoms with Crippen LogP contribution in [0.25, 0.3) is 0 Å². The van der Waals surface area contributed by atoms with Crippen molar-refractivity contribution in [2.75, 3.05) is 4.90 Å². The average Bonchev–Trinajstić information content (AvgIpc) is 2.20. The Balaban J connectivity index is 2.23. The fraction of sp³-hybridized carbons (Fsp3) is 0.583. The predicted molar refractivity (Wildman–Crippen MR) is 64.5 cm³/mol. The van der Waals surface area contributed by atoms with Gasteiger partial charge < -0.3 is 4.90 Å². The first-order chi connectivity index (χ1) is 7.18. The topological polar surface area (TPSA) is 16.1 Å². The van der Waals surface area contributed by atoms with Crippen LogP contribution < -0.4 is 4.90 Å². The zero-order chi connectivity index (χ0) is 10.8. The van der Waals surface area contributed by atoms with Crippen molar-refractivity contribution in [3.8, 4) is 0 Å². The van der Waals surface area contributed by atoms with E-state index >= 15 is 0 Å². The van der Waals surface area contributed by atoms with Gasteiger partial charge in [0.1, 0.15) is 5.82 Å². The summed E-state index contributed by atoms with van der Waals surface area (Å²) in [7, 11) is 0. The highest BCUT2D eigenvalue weighted by molar-refractivity contribution is 6.30. The van der Waals surface area contributed by atoms with E-state index in [1.54, 1.807) is 6.20 Å². The zero-order valence-electron chi connectivity index (χ0n) is 9.28. The highest BCUT2D eigenvalue weighted by atomic mass is 35.5. The minimum absolute atomic E-state index is 0.586. The summed E-state index contributed by atoms with van der Waals surface area (Å²) in [5, 5.41) is 0.705. The third-order valence-corrected chi connectivity index (χ3v) is 3.39. The lowest BCUT2D eigenvalue weighted by Gasteiger charge is -2.40. The van der Waals surface area contributed by atoms with Crippen LogP contribution in [0.1, 0.15) is 33.1 Å². The Hall–Kier alpha value is -0.760. The normalized spacial score (nSPS) is 26.7. The first-order valence-corrected chi connectivity index (χ1v) is 5.96. The number of aromatic nitrogens is 1. The van der Waals surface area contributed by atoms with Gasteiger partial charge in [0, 0.05) is 18.3 Å². The molecule has 0 bridgehead atoms. The highest BCUT2D eigenvalue weighted by Crippen LogP contribution is 2.27. The Bertz CT molecular complexity index is 313. The molecule has 0 radical (unpaired) electrons. The maximum Gasteiger partial charge on any atom is 0.129 e. The molecule has 0 aliphatic carbocycles. The van der Waals surface area contributed by atoms with E-state index in [1.165, 1.54) is 19.3 Å². The Morgan fingerprint density at radius 3 is 2.47 bits per heavy atom. The first kappa shape index (κ1) is 10.7. The SMILES string of the molecule is C[C@@H]1CCC[C@H](C)N1c1ccc(Cl)cn1. The van der Waals surface area contributed by atoms with Gasteiger partial charge in [-0.2, -0.15) is 0 Å². The van der Waals surface area contributed by atoms with E-state index in [1.807, 2.05) is 12.1 Å². The molecule has 1 saturated heterocycles. The summed E-state index contributed by atoms with van der Waals surface area (Å²) in [5.74, 6) is 1.05. The number of hydrogen-bond acceptors (Lipinski definition) is 2. The fourth-order valence-corrected chi connectivity index (χ4v) is 2.51. The van der Waals surface area contributed by atoms with Crippen LogP contribution in [0.4, 0.5) is 5.82 Å². The van der Waals surface area contributed by atoms with Crippen LogP contribution in [0.2, 0.25) is 5.02 Å². The molecule has 0 amide bonds. The van der Waals surface area contributed by atoms with Crippen molar-refractivity contribution < 1.29 is 0 Å². The minimum atomic E-state index is 0.586. The summed E-state index contributed by atoms with van der Waals surface area (Å²) in [6.45, 7) is 4.54. The van der Waals surface area contributed by atoms with Crippen LogP contribution in [0, 0.1) is 0 Å². The summed E-state index contributed by atoms with van der Waals surface area (Å²) in [4.78, 5) is 6.80. The second-order valence-electron chi connectivity index (χ2n) is 4.37. The van der Waals surface area contributed by atoms with Crippen LogP contribution in [0.3, 0.4) is 0 Å². The predicted octanol–water partition coefficient (Wildman–Crippen LogP) is 3.50. The molecule has 2 nitrogen and oxygen atoms in total. The van der Waals surface area contributed by atoms with E-state index < -0.39 is 0 Å². The molecule has 2 heterocycles. The van der Waals surface area contributed by atoms with Gasteiger partial charge in [-0.3, -0.25) is 0 Å². The molecule has 0 spiro atoms. The summed E-state index contributed by atoms with van der Waals surface area (Å²) in [6.07, 6.45) is 5.57. The number of hydrogen-bond donors (Lipinski definition) is 0. The second-order valence-corrected chi connectivity index (χ2v) is 4.81. The molecule has 1 aliphatic rings. The van der Waals surface area contributed by atoms with Gasteiger partial charge in [-0.15, -0.1) is 0 Å². The fourth-order valence-electron chi connectivity index (χ4n) is 2.39. The quantitative estimate of drug-likeness (QED) is 0.726. The van der Waals surface area contributed by atoms with E-state index in [9.17, 15) is 0 Å². The van der Waals surface area contributed by atoms with Crippen molar-refractivity contribution in [2.24, 2.45) is 0 Å². The maximum absolute atomic E-state index is 5.84. The monoisotopic (exact) mass is 224 g/mol. The number of piperidine rings is 1. The van der Waals surface area contributed by atoms with Crippen molar-refractivity contribution >= 4 is 17.4 Å². The van der Waals surface area contributed by atoms with E-state index in [-0.39, 0.29) is 0 Å². The number of anilines is 1. The van der Waals surface area contributed by atoms with Gasteiger partial charge in [0.25, 0.3) is 0 Å². The van der Waals surface area contributed by atoms with Gasteiger partial charge in [0.2, 0.25) is 0 Å². The van der Waals surface area contributed by atoms with Crippen molar-refractivity contribution in [1.82, 2.24) is 4.98 Å². The Morgan fingerprint density at radius 2 is 1.93 bits per heavy atom. The Kier molecular flexibility index (Phi) is 3.15. The van der Waals surface area contributed by atoms with Crippen molar-refractivity contribution in [3.05, 3.63) is 23.4 Å². The lowest BCUT2D eigenvalue weighted by Crippen LogP contribution is -2.44. The molecule has 3 heteroatoms. The molecule has 0 N–H and O–H groups in total. The van der Waals surface area contributed by atoms with E-state index in [0.717, 1.165) is 5.82 Å². The molecule has 2 rings (SSSR count). The van der Waals surface area contributed by atoms with Crippen molar-refractivity contribution in [1.29, 1.82) is 0 Å². The lowest BCUT2D eigenvalue weighted by atomic mass is 9.97. The maximum atomic E-state index is 5.84. The van der Waals surface area contributed by atoms with Crippen molar-refractivity contribution in [2.45, 2.75) is 45.2 Å². The largest absolute Gasteiger partial charge is 0.351 e. The van der Waals surface area contributed by atoms with Crippen LogP contribution in [-0.4, -0.2) is 17.1 Å². The van der Waals surface area contributed by atoms with Gasteiger partial charge in [-0.25, -0.2) is 4.98 Å². The van der Waals surface area contributed by atoms with Crippen molar-refractivity contribution in [3.63, 3.8) is 0 Å². The number of pyridine rings is 1. The summed E-state index contributed by atoms with van der Waals surface area (Å²) in [5.41, 5.74) is 0. The smallest absolute Gasteiger partial charge is 0.129 e. The molecule has 1 aromatic heterocycles. The molecule has 0 saturated carbocycles. The van der Waals surface area contributed by atoms with Gasteiger partial charge in [0.15, 0.2) is 0 Å². The van der Waals surface area contributed by atoms with Crippen LogP contribution in [0.15, 0.2) is 18.3 Å². The first-order valence-electron chi connectivity index (χ1n) is 5.58. The third-order valence-electron chi connectivity index (χ3n) is 3.17. The van der Waals surface area contributed by atoms with E-state index in [0.29, 0.717) is 17.1 Å². The summed E-state index contributed by atoms with van der Waals surface area (Å²) >= 11 is 5.84. The number of nitrogens with zero attached hydrogens (tertiary/aromatic N) is 2. The summed E-state index contributed by atoms with van der Waals surface area (Å²) in [6, 6.07) is 5.10. The molecule has 0 aromatic carbocycles. The lowest BCUT2D eigenvalue weighted by molar-refractivity contribution is 0.411. The molecule has 15 heavy (non-hydrogen) atoms. The molecule has 0 unspecified atom stereocenters. The van der Waals surface area contributed by atoms with Gasteiger partial charge in [-0.05, 0) is 45.2 Å². The highest BCUT2D eigenvalue weighted by Gasteiger charge is 2.25. The standard InChI is InChI=1S/C12H17ClN2/c1-9-4-3-5-10(2)15(9)12-7-6-11(13)8-14-12/h6-10H,3-5H2,1-2H3/t9-,10+. The van der Waals surface area contributed by atoms with Gasteiger partial charge in [-0.1, -0.05) is 11.6 Å². The molecule has 1 aromatic rings. The zero-order valence-corrected chi connectivity index (χ0v) is 10.0. The summed E-state index contributed by atoms with van der Waals surface area (Å²) < 4.78 is 0.